The van der Waals surface area contributed by atoms with E-state index in [4.69, 9.17) is 5.73 Å². The van der Waals surface area contributed by atoms with Gasteiger partial charge in [-0.05, 0) is 30.7 Å². The van der Waals surface area contributed by atoms with Gasteiger partial charge in [0.25, 0.3) is 0 Å². The van der Waals surface area contributed by atoms with Gasteiger partial charge in [-0.1, -0.05) is 6.92 Å². The van der Waals surface area contributed by atoms with Gasteiger partial charge in [0.1, 0.15) is 23.0 Å². The Kier molecular flexibility index (Phi) is 2.56. The van der Waals surface area contributed by atoms with Crippen molar-refractivity contribution in [2.75, 3.05) is 5.73 Å². The number of thiophene rings is 1. The molecule has 3 aromatic heterocycles. The van der Waals surface area contributed by atoms with E-state index in [1.165, 1.54) is 17.1 Å². The third kappa shape index (κ3) is 1.67. The Balaban J connectivity index is 2.20. The average molecular weight is 261 g/mol. The van der Waals surface area contributed by atoms with E-state index >= 15 is 0 Å². The van der Waals surface area contributed by atoms with Crippen molar-refractivity contribution in [1.82, 2.24) is 9.38 Å². The first-order chi connectivity index (χ1) is 8.69. The molecule has 0 unspecified atom stereocenters. The van der Waals surface area contributed by atoms with Gasteiger partial charge in [0.15, 0.2) is 0 Å². The first-order valence-electron chi connectivity index (χ1n) is 5.71. The summed E-state index contributed by atoms with van der Waals surface area (Å²) in [5.41, 5.74) is 7.42. The maximum atomic E-state index is 13.2. The zero-order chi connectivity index (χ0) is 12.7. The largest absolute Gasteiger partial charge is 0.383 e. The van der Waals surface area contributed by atoms with Crippen LogP contribution >= 0.6 is 11.3 Å². The number of rotatable bonds is 2. The van der Waals surface area contributed by atoms with Crippen LogP contribution in [0, 0.1) is 5.82 Å². The monoisotopic (exact) mass is 261 g/mol. The van der Waals surface area contributed by atoms with Crippen molar-refractivity contribution in [1.29, 1.82) is 0 Å². The molecule has 0 aliphatic heterocycles. The summed E-state index contributed by atoms with van der Waals surface area (Å²) in [5.74, 6) is 0.160. The third-order valence-corrected chi connectivity index (χ3v) is 4.10. The zero-order valence-corrected chi connectivity index (χ0v) is 10.7. The SMILES string of the molecule is CCc1ccc(-c2nc3ccc(F)cn3c2N)s1. The smallest absolute Gasteiger partial charge is 0.140 e. The summed E-state index contributed by atoms with van der Waals surface area (Å²) in [5, 5.41) is 0. The number of nitrogens with two attached hydrogens (primary N) is 1. The minimum atomic E-state index is -0.321. The second-order valence-electron chi connectivity index (χ2n) is 4.04. The highest BCUT2D eigenvalue weighted by atomic mass is 32.1. The Morgan fingerprint density at radius 1 is 1.33 bits per heavy atom. The molecule has 3 aromatic rings. The van der Waals surface area contributed by atoms with Crippen molar-refractivity contribution < 1.29 is 4.39 Å². The normalized spacial score (nSPS) is 11.2. The van der Waals surface area contributed by atoms with Crippen LogP contribution in [0.5, 0.6) is 0 Å². The molecular formula is C13H12FN3S. The number of nitrogens with zero attached hydrogens (tertiary/aromatic N) is 2. The molecule has 3 nitrogen and oxygen atoms in total. The molecule has 18 heavy (non-hydrogen) atoms. The van der Waals surface area contributed by atoms with E-state index in [0.717, 1.165) is 17.0 Å². The zero-order valence-electron chi connectivity index (χ0n) is 9.85. The van der Waals surface area contributed by atoms with Gasteiger partial charge in [-0.3, -0.25) is 4.40 Å². The highest BCUT2D eigenvalue weighted by molar-refractivity contribution is 7.15. The minimum absolute atomic E-state index is 0.321. The van der Waals surface area contributed by atoms with Crippen molar-refractivity contribution in [2.45, 2.75) is 13.3 Å². The number of imidazole rings is 1. The van der Waals surface area contributed by atoms with Crippen molar-refractivity contribution >= 4 is 22.8 Å². The molecule has 3 heterocycles. The van der Waals surface area contributed by atoms with Crippen molar-refractivity contribution in [3.05, 3.63) is 41.2 Å². The Labute approximate surface area is 108 Å². The van der Waals surface area contributed by atoms with E-state index in [9.17, 15) is 4.39 Å². The molecule has 0 fully saturated rings. The Morgan fingerprint density at radius 3 is 2.89 bits per heavy atom. The van der Waals surface area contributed by atoms with Crippen LogP contribution in [-0.4, -0.2) is 9.38 Å². The summed E-state index contributed by atoms with van der Waals surface area (Å²) < 4.78 is 14.8. The van der Waals surface area contributed by atoms with Crippen LogP contribution in [0.2, 0.25) is 0 Å². The maximum absolute atomic E-state index is 13.2. The predicted octanol–water partition coefficient (Wildman–Crippen LogP) is 3.35. The second-order valence-corrected chi connectivity index (χ2v) is 5.21. The fraction of sp³-hybridized carbons (Fsp3) is 0.154. The standard InChI is InChI=1S/C13H12FN3S/c1-2-9-4-5-10(18-9)12-13(15)17-7-8(14)3-6-11(17)16-12/h3-7H,2,15H2,1H3. The fourth-order valence-electron chi connectivity index (χ4n) is 1.91. The highest BCUT2D eigenvalue weighted by Gasteiger charge is 2.13. The lowest BCUT2D eigenvalue weighted by molar-refractivity contribution is 0.619. The van der Waals surface area contributed by atoms with E-state index in [0.29, 0.717) is 11.5 Å². The number of hydrogen-bond donors (Lipinski definition) is 1. The number of hydrogen-bond acceptors (Lipinski definition) is 3. The number of fused-ring (bicyclic) bond motifs is 1. The van der Waals surface area contributed by atoms with E-state index in [1.54, 1.807) is 21.8 Å². The summed E-state index contributed by atoms with van der Waals surface area (Å²) in [7, 11) is 0. The molecule has 2 N–H and O–H groups in total. The van der Waals surface area contributed by atoms with Crippen molar-refractivity contribution in [3.63, 3.8) is 0 Å². The molecule has 92 valence electrons. The molecule has 0 spiro atoms. The number of anilines is 1. The summed E-state index contributed by atoms with van der Waals surface area (Å²) in [6, 6.07) is 7.10. The Hall–Kier alpha value is -1.88. The number of aryl methyl sites for hydroxylation is 1. The van der Waals surface area contributed by atoms with Gasteiger partial charge >= 0.3 is 0 Å². The molecule has 3 rings (SSSR count). The molecule has 0 bridgehead atoms. The van der Waals surface area contributed by atoms with Crippen LogP contribution in [0.1, 0.15) is 11.8 Å². The first-order valence-corrected chi connectivity index (χ1v) is 6.53. The summed E-state index contributed by atoms with van der Waals surface area (Å²) in [6.07, 6.45) is 2.35. The molecule has 0 aliphatic rings. The van der Waals surface area contributed by atoms with Gasteiger partial charge in [-0.25, -0.2) is 9.37 Å². The number of pyridine rings is 1. The number of aromatic nitrogens is 2. The van der Waals surface area contributed by atoms with E-state index in [-0.39, 0.29) is 5.82 Å². The minimum Gasteiger partial charge on any atom is -0.383 e. The first kappa shape index (κ1) is 11.2. The molecule has 0 radical (unpaired) electrons. The summed E-state index contributed by atoms with van der Waals surface area (Å²) >= 11 is 1.67. The fourth-order valence-corrected chi connectivity index (χ4v) is 2.86. The van der Waals surface area contributed by atoms with E-state index in [2.05, 4.69) is 18.0 Å². The molecule has 5 heteroatoms. The van der Waals surface area contributed by atoms with Gasteiger partial charge < -0.3 is 5.73 Å². The van der Waals surface area contributed by atoms with E-state index in [1.807, 2.05) is 6.07 Å². The van der Waals surface area contributed by atoms with E-state index < -0.39 is 0 Å². The summed E-state index contributed by atoms with van der Waals surface area (Å²) in [4.78, 5) is 6.76. The van der Waals surface area contributed by atoms with Gasteiger partial charge in [-0.2, -0.15) is 0 Å². The lowest BCUT2D eigenvalue weighted by Crippen LogP contribution is -1.94. The second kappa shape index (κ2) is 4.10. The molecule has 0 atom stereocenters. The third-order valence-electron chi connectivity index (χ3n) is 2.86. The van der Waals surface area contributed by atoms with Crippen LogP contribution < -0.4 is 5.73 Å². The topological polar surface area (TPSA) is 43.3 Å². The van der Waals surface area contributed by atoms with Gasteiger partial charge in [0.05, 0.1) is 4.88 Å². The molecule has 0 amide bonds. The number of nitrogen functional groups attached to an aromatic ring is 1. The maximum Gasteiger partial charge on any atom is 0.140 e. The van der Waals surface area contributed by atoms with Crippen LogP contribution in [-0.2, 0) is 6.42 Å². The molecule has 0 saturated heterocycles. The number of halogens is 1. The lowest BCUT2D eigenvalue weighted by atomic mass is 10.3. The lowest BCUT2D eigenvalue weighted by Gasteiger charge is -1.96. The van der Waals surface area contributed by atoms with Crippen molar-refractivity contribution in [2.24, 2.45) is 0 Å². The average Bonchev–Trinajstić information content (AvgIpc) is 2.95. The molecular weight excluding hydrogens is 249 g/mol. The molecule has 0 aromatic carbocycles. The van der Waals surface area contributed by atoms with Gasteiger partial charge in [-0.15, -0.1) is 11.3 Å². The van der Waals surface area contributed by atoms with Gasteiger partial charge in [0, 0.05) is 11.1 Å². The quantitative estimate of drug-likeness (QED) is 0.768. The van der Waals surface area contributed by atoms with Gasteiger partial charge in [0.2, 0.25) is 0 Å². The van der Waals surface area contributed by atoms with Crippen LogP contribution in [0.4, 0.5) is 10.2 Å². The Morgan fingerprint density at radius 2 is 2.17 bits per heavy atom. The van der Waals surface area contributed by atoms with Crippen LogP contribution in [0.15, 0.2) is 30.5 Å². The highest BCUT2D eigenvalue weighted by Crippen LogP contribution is 2.32. The Bertz CT molecular complexity index is 714. The predicted molar refractivity (Wildman–Crippen MR) is 72.3 cm³/mol. The molecule has 0 saturated carbocycles. The van der Waals surface area contributed by atoms with Crippen LogP contribution in [0.25, 0.3) is 16.2 Å². The molecule has 0 aliphatic carbocycles. The van der Waals surface area contributed by atoms with Crippen molar-refractivity contribution in [3.8, 4) is 10.6 Å². The van der Waals surface area contributed by atoms with Crippen LogP contribution in [0.3, 0.4) is 0 Å². The summed E-state index contributed by atoms with van der Waals surface area (Å²) in [6.45, 7) is 2.11.